The number of aryl methyl sites for hydroxylation is 1. The summed E-state index contributed by atoms with van der Waals surface area (Å²) in [4.78, 5) is 16.2. The van der Waals surface area contributed by atoms with E-state index in [4.69, 9.17) is 0 Å². The van der Waals surface area contributed by atoms with Gasteiger partial charge in [-0.3, -0.25) is 9.69 Å². The SMILES string of the molecule is CCc1cc2c(c(C(=O)N[C@H](C)c3ccccc3)c1)[C@H]1C[C@H]3NCCC[C@H]3CN1CC2. The smallest absolute Gasteiger partial charge is 0.252 e. The van der Waals surface area contributed by atoms with E-state index in [2.05, 4.69) is 53.6 Å². The summed E-state index contributed by atoms with van der Waals surface area (Å²) >= 11 is 0. The molecule has 1 amide bonds. The van der Waals surface area contributed by atoms with Gasteiger partial charge in [0.05, 0.1) is 6.04 Å². The molecule has 3 aliphatic heterocycles. The topological polar surface area (TPSA) is 44.4 Å². The lowest BCUT2D eigenvalue weighted by molar-refractivity contribution is 0.0542. The van der Waals surface area contributed by atoms with Gasteiger partial charge in [-0.05, 0) is 79.8 Å². The highest BCUT2D eigenvalue weighted by Crippen LogP contribution is 2.42. The van der Waals surface area contributed by atoms with Crippen molar-refractivity contribution in [3.63, 3.8) is 0 Å². The Labute approximate surface area is 186 Å². The Hall–Kier alpha value is -2.17. The zero-order chi connectivity index (χ0) is 21.4. The lowest BCUT2D eigenvalue weighted by Gasteiger charge is -2.49. The van der Waals surface area contributed by atoms with Crippen LogP contribution in [0.15, 0.2) is 42.5 Å². The van der Waals surface area contributed by atoms with Gasteiger partial charge in [0.25, 0.3) is 5.91 Å². The van der Waals surface area contributed by atoms with Crippen LogP contribution in [0, 0.1) is 5.92 Å². The fourth-order valence-corrected chi connectivity index (χ4v) is 6.01. The van der Waals surface area contributed by atoms with Gasteiger partial charge >= 0.3 is 0 Å². The molecule has 0 radical (unpaired) electrons. The van der Waals surface area contributed by atoms with E-state index in [9.17, 15) is 4.79 Å². The maximum absolute atomic E-state index is 13.6. The van der Waals surface area contributed by atoms with Crippen molar-refractivity contribution in [3.8, 4) is 0 Å². The minimum Gasteiger partial charge on any atom is -0.346 e. The van der Waals surface area contributed by atoms with E-state index in [1.54, 1.807) is 0 Å². The zero-order valence-corrected chi connectivity index (χ0v) is 18.9. The summed E-state index contributed by atoms with van der Waals surface area (Å²) in [5, 5.41) is 7.08. The van der Waals surface area contributed by atoms with Crippen LogP contribution < -0.4 is 10.6 Å². The molecule has 0 aromatic heterocycles. The minimum atomic E-state index is -0.00919. The van der Waals surface area contributed by atoms with Gasteiger partial charge in [0, 0.05) is 30.7 Å². The Morgan fingerprint density at radius 1 is 1.26 bits per heavy atom. The van der Waals surface area contributed by atoms with Crippen LogP contribution >= 0.6 is 0 Å². The number of nitrogens with zero attached hydrogens (tertiary/aromatic N) is 1. The normalized spacial score (nSPS) is 26.3. The summed E-state index contributed by atoms with van der Waals surface area (Å²) in [7, 11) is 0. The number of nitrogens with one attached hydrogen (secondary N) is 2. The van der Waals surface area contributed by atoms with Crippen molar-refractivity contribution in [3.05, 3.63) is 70.3 Å². The van der Waals surface area contributed by atoms with Crippen LogP contribution in [0.25, 0.3) is 0 Å². The Morgan fingerprint density at radius 2 is 2.10 bits per heavy atom. The van der Waals surface area contributed by atoms with Crippen LogP contribution in [0.4, 0.5) is 0 Å². The molecular weight excluding hydrogens is 382 g/mol. The van der Waals surface area contributed by atoms with E-state index >= 15 is 0 Å². The summed E-state index contributed by atoms with van der Waals surface area (Å²) in [5.74, 6) is 0.834. The van der Waals surface area contributed by atoms with Crippen LogP contribution in [-0.4, -0.2) is 36.5 Å². The molecule has 3 heterocycles. The zero-order valence-electron chi connectivity index (χ0n) is 18.9. The number of fused-ring (bicyclic) bond motifs is 4. The molecule has 5 rings (SSSR count). The van der Waals surface area contributed by atoms with Gasteiger partial charge in [-0.15, -0.1) is 0 Å². The maximum atomic E-state index is 13.6. The van der Waals surface area contributed by atoms with Crippen molar-refractivity contribution >= 4 is 5.91 Å². The van der Waals surface area contributed by atoms with Crippen molar-refractivity contribution < 1.29 is 4.79 Å². The monoisotopic (exact) mass is 417 g/mol. The first-order valence-corrected chi connectivity index (χ1v) is 12.1. The summed E-state index contributed by atoms with van der Waals surface area (Å²) in [6.45, 7) is 7.68. The van der Waals surface area contributed by atoms with Gasteiger partial charge in [-0.1, -0.05) is 43.3 Å². The minimum absolute atomic E-state index is 0.00919. The molecule has 4 atom stereocenters. The van der Waals surface area contributed by atoms with Crippen molar-refractivity contribution in [1.82, 2.24) is 15.5 Å². The third-order valence-corrected chi connectivity index (χ3v) is 7.74. The molecule has 164 valence electrons. The van der Waals surface area contributed by atoms with Crippen molar-refractivity contribution in [2.75, 3.05) is 19.6 Å². The molecule has 2 fully saturated rings. The molecule has 0 bridgehead atoms. The Balaban J connectivity index is 1.47. The first-order chi connectivity index (χ1) is 15.1. The predicted octanol–water partition coefficient (Wildman–Crippen LogP) is 4.41. The van der Waals surface area contributed by atoms with Crippen LogP contribution in [0.3, 0.4) is 0 Å². The van der Waals surface area contributed by atoms with Gasteiger partial charge < -0.3 is 10.6 Å². The molecule has 0 spiro atoms. The first-order valence-electron chi connectivity index (χ1n) is 12.1. The van der Waals surface area contributed by atoms with Crippen LogP contribution in [0.1, 0.15) is 77.8 Å². The highest BCUT2D eigenvalue weighted by Gasteiger charge is 2.41. The van der Waals surface area contributed by atoms with E-state index in [0.717, 1.165) is 49.4 Å². The van der Waals surface area contributed by atoms with Gasteiger partial charge in [0.15, 0.2) is 0 Å². The molecule has 2 aromatic carbocycles. The molecule has 4 nitrogen and oxygen atoms in total. The Morgan fingerprint density at radius 3 is 2.90 bits per heavy atom. The van der Waals surface area contributed by atoms with E-state index in [-0.39, 0.29) is 11.9 Å². The quantitative estimate of drug-likeness (QED) is 0.774. The van der Waals surface area contributed by atoms with Gasteiger partial charge in [0.1, 0.15) is 0 Å². The van der Waals surface area contributed by atoms with Gasteiger partial charge in [-0.2, -0.15) is 0 Å². The fraction of sp³-hybridized carbons (Fsp3) is 0.519. The number of carbonyl (C=O) groups is 1. The van der Waals surface area contributed by atoms with Crippen molar-refractivity contribution in [2.24, 2.45) is 5.92 Å². The Bertz CT molecular complexity index is 941. The van der Waals surface area contributed by atoms with E-state index < -0.39 is 0 Å². The van der Waals surface area contributed by atoms with E-state index in [1.807, 2.05) is 18.2 Å². The summed E-state index contributed by atoms with van der Waals surface area (Å²) < 4.78 is 0. The van der Waals surface area contributed by atoms with Crippen LogP contribution in [-0.2, 0) is 12.8 Å². The molecule has 31 heavy (non-hydrogen) atoms. The molecule has 4 heteroatoms. The third kappa shape index (κ3) is 4.04. The van der Waals surface area contributed by atoms with Crippen molar-refractivity contribution in [1.29, 1.82) is 0 Å². The van der Waals surface area contributed by atoms with E-state index in [0.29, 0.717) is 12.1 Å². The second-order valence-corrected chi connectivity index (χ2v) is 9.63. The number of benzene rings is 2. The molecule has 0 aliphatic carbocycles. The molecule has 2 aromatic rings. The van der Waals surface area contributed by atoms with E-state index in [1.165, 1.54) is 36.1 Å². The number of rotatable bonds is 4. The lowest BCUT2D eigenvalue weighted by atomic mass is 9.76. The van der Waals surface area contributed by atoms with Crippen LogP contribution in [0.5, 0.6) is 0 Å². The van der Waals surface area contributed by atoms with Crippen LogP contribution in [0.2, 0.25) is 0 Å². The van der Waals surface area contributed by atoms with Crippen molar-refractivity contribution in [2.45, 2.75) is 64.1 Å². The largest absolute Gasteiger partial charge is 0.346 e. The maximum Gasteiger partial charge on any atom is 0.252 e. The van der Waals surface area contributed by atoms with Gasteiger partial charge in [0.2, 0.25) is 0 Å². The third-order valence-electron chi connectivity index (χ3n) is 7.74. The number of hydrogen-bond acceptors (Lipinski definition) is 3. The Kier molecular flexibility index (Phi) is 5.85. The molecule has 0 unspecified atom stereocenters. The molecule has 3 aliphatic rings. The van der Waals surface area contributed by atoms with Gasteiger partial charge in [-0.25, -0.2) is 0 Å². The highest BCUT2D eigenvalue weighted by molar-refractivity contribution is 5.96. The second kappa shape index (κ2) is 8.76. The molecule has 0 saturated carbocycles. The predicted molar refractivity (Wildman–Crippen MR) is 125 cm³/mol. The first kappa shape index (κ1) is 20.7. The average Bonchev–Trinajstić information content (AvgIpc) is 2.82. The molecular formula is C27H35N3O. The number of amides is 1. The summed E-state index contributed by atoms with van der Waals surface area (Å²) in [6, 6.07) is 15.7. The number of piperidine rings is 2. The lowest BCUT2D eigenvalue weighted by Crippen LogP contribution is -2.55. The highest BCUT2D eigenvalue weighted by atomic mass is 16.1. The second-order valence-electron chi connectivity index (χ2n) is 9.63. The number of carbonyl (C=O) groups excluding carboxylic acids is 1. The average molecular weight is 418 g/mol. The summed E-state index contributed by atoms with van der Waals surface area (Å²) in [6.07, 6.45) is 5.77. The fourth-order valence-electron chi connectivity index (χ4n) is 6.01. The molecule has 2 N–H and O–H groups in total. The molecule has 2 saturated heterocycles. The standard InChI is InChI=1S/C27H35N3O/c1-3-19-14-21-11-13-30-17-22-10-7-12-28-24(22)16-25(30)26(21)23(15-19)27(31)29-18(2)20-8-5-4-6-9-20/h4-6,8-9,14-15,18,22,24-25,28H,3,7,10-13,16-17H2,1-2H3,(H,29,31)/t18-,22+,24-,25-/m1/s1. The number of hydrogen-bond donors (Lipinski definition) is 2. The summed E-state index contributed by atoms with van der Waals surface area (Å²) in [5.41, 5.74) is 6.01.